The van der Waals surface area contributed by atoms with Crippen molar-refractivity contribution in [2.45, 2.75) is 37.6 Å². The van der Waals surface area contributed by atoms with Gasteiger partial charge in [0.2, 0.25) is 0 Å². The van der Waals surface area contributed by atoms with Crippen LogP contribution >= 0.6 is 0 Å². The van der Waals surface area contributed by atoms with Gasteiger partial charge in [0.05, 0.1) is 6.10 Å². The lowest BCUT2D eigenvalue weighted by Crippen LogP contribution is -2.37. The number of aliphatic hydroxyl groups is 4. The Kier molecular flexibility index (Phi) is 2.46. The van der Waals surface area contributed by atoms with Crippen LogP contribution in [0.1, 0.15) is 6.92 Å². The van der Waals surface area contributed by atoms with E-state index in [0.29, 0.717) is 0 Å². The van der Waals surface area contributed by atoms with Gasteiger partial charge in [-0.05, 0) is 6.92 Å². The Hall–Kier alpha value is -0.200. The minimum Gasteiger partial charge on any atom is -0.391 e. The van der Waals surface area contributed by atoms with Crippen molar-refractivity contribution < 1.29 is 25.2 Å². The molecule has 1 rings (SSSR count). The standard InChI is InChI=1S/C6H12O5/c1-2(7)5-3(8)4(9)6(10)11-5/h2-10H,1H3/t2-,3+,4-,5-,6?/m1/s1. The summed E-state index contributed by atoms with van der Waals surface area (Å²) in [6.07, 6.45) is -5.75. The lowest BCUT2D eigenvalue weighted by atomic mass is 10.1. The van der Waals surface area contributed by atoms with Crippen molar-refractivity contribution in [1.29, 1.82) is 0 Å². The molecule has 1 unspecified atom stereocenters. The Labute approximate surface area is 63.8 Å². The quantitative estimate of drug-likeness (QED) is 0.353. The summed E-state index contributed by atoms with van der Waals surface area (Å²) in [6, 6.07) is 0. The van der Waals surface area contributed by atoms with Crippen LogP contribution in [0.15, 0.2) is 0 Å². The molecule has 1 aliphatic heterocycles. The van der Waals surface area contributed by atoms with Crippen LogP contribution in [-0.4, -0.2) is 51.1 Å². The molecule has 0 aliphatic carbocycles. The highest BCUT2D eigenvalue weighted by atomic mass is 16.6. The fourth-order valence-electron chi connectivity index (χ4n) is 1.08. The van der Waals surface area contributed by atoms with Gasteiger partial charge >= 0.3 is 0 Å². The highest BCUT2D eigenvalue weighted by Crippen LogP contribution is 2.21. The van der Waals surface area contributed by atoms with Crippen LogP contribution in [0.5, 0.6) is 0 Å². The van der Waals surface area contributed by atoms with Crippen molar-refractivity contribution in [3.63, 3.8) is 0 Å². The molecule has 4 N–H and O–H groups in total. The normalized spacial score (nSPS) is 47.7. The molecule has 0 saturated carbocycles. The maximum Gasteiger partial charge on any atom is 0.184 e. The lowest BCUT2D eigenvalue weighted by molar-refractivity contribution is -0.143. The van der Waals surface area contributed by atoms with E-state index in [2.05, 4.69) is 4.74 Å². The van der Waals surface area contributed by atoms with Crippen molar-refractivity contribution in [3.05, 3.63) is 0 Å². The Bertz CT molecular complexity index is 137. The molecule has 0 spiro atoms. The Morgan fingerprint density at radius 2 is 1.73 bits per heavy atom. The van der Waals surface area contributed by atoms with E-state index in [0.717, 1.165) is 0 Å². The average molecular weight is 164 g/mol. The predicted octanol–water partition coefficient (Wildman–Crippen LogP) is -2.19. The summed E-state index contributed by atoms with van der Waals surface area (Å²) >= 11 is 0. The third-order valence-electron chi connectivity index (χ3n) is 1.75. The molecule has 1 heterocycles. The third-order valence-corrected chi connectivity index (χ3v) is 1.75. The molecule has 0 amide bonds. The summed E-state index contributed by atoms with van der Waals surface area (Å²) in [5.74, 6) is 0. The summed E-state index contributed by atoms with van der Waals surface area (Å²) in [5, 5.41) is 35.8. The predicted molar refractivity (Wildman–Crippen MR) is 34.6 cm³/mol. The smallest absolute Gasteiger partial charge is 0.184 e. The summed E-state index contributed by atoms with van der Waals surface area (Å²) in [4.78, 5) is 0. The molecule has 1 saturated heterocycles. The second kappa shape index (κ2) is 3.04. The number of hydrogen-bond donors (Lipinski definition) is 4. The molecule has 0 aromatic rings. The van der Waals surface area contributed by atoms with Gasteiger partial charge in [-0.2, -0.15) is 0 Å². The minimum absolute atomic E-state index is 0.903. The summed E-state index contributed by atoms with van der Waals surface area (Å²) in [6.45, 7) is 1.42. The van der Waals surface area contributed by atoms with Crippen LogP contribution in [-0.2, 0) is 4.74 Å². The van der Waals surface area contributed by atoms with E-state index in [9.17, 15) is 0 Å². The first-order valence-corrected chi connectivity index (χ1v) is 3.41. The van der Waals surface area contributed by atoms with Gasteiger partial charge in [0.15, 0.2) is 6.29 Å². The van der Waals surface area contributed by atoms with E-state index in [4.69, 9.17) is 20.4 Å². The van der Waals surface area contributed by atoms with E-state index in [1.54, 1.807) is 0 Å². The molecule has 1 fully saturated rings. The Morgan fingerprint density at radius 3 is 1.91 bits per heavy atom. The summed E-state index contributed by atoms with van der Waals surface area (Å²) in [5.41, 5.74) is 0. The second-order valence-electron chi connectivity index (χ2n) is 2.71. The summed E-state index contributed by atoms with van der Waals surface area (Å²) in [7, 11) is 0. The molecular weight excluding hydrogens is 152 g/mol. The molecule has 5 atom stereocenters. The van der Waals surface area contributed by atoms with Gasteiger partial charge in [-0.1, -0.05) is 0 Å². The van der Waals surface area contributed by atoms with Gasteiger partial charge in [0, 0.05) is 0 Å². The van der Waals surface area contributed by atoms with Crippen molar-refractivity contribution in [2.75, 3.05) is 0 Å². The highest BCUT2D eigenvalue weighted by molar-refractivity contribution is 4.88. The minimum atomic E-state index is -1.40. The van der Waals surface area contributed by atoms with Crippen LogP contribution in [0.25, 0.3) is 0 Å². The molecule has 1 aliphatic rings. The molecule has 5 nitrogen and oxygen atoms in total. The first kappa shape index (κ1) is 8.89. The van der Waals surface area contributed by atoms with Gasteiger partial charge in [0.1, 0.15) is 18.3 Å². The van der Waals surface area contributed by atoms with E-state index in [-0.39, 0.29) is 0 Å². The maximum absolute atomic E-state index is 9.10. The van der Waals surface area contributed by atoms with Crippen LogP contribution in [0.2, 0.25) is 0 Å². The zero-order chi connectivity index (χ0) is 8.59. The van der Waals surface area contributed by atoms with Gasteiger partial charge in [-0.3, -0.25) is 0 Å². The van der Waals surface area contributed by atoms with Gasteiger partial charge < -0.3 is 25.2 Å². The number of aliphatic hydroxyl groups excluding tert-OH is 4. The SMILES string of the molecule is C[C@@H](O)[C@H]1OC(O)[C@H](O)[C@@H]1O. The van der Waals surface area contributed by atoms with Gasteiger partial charge in [-0.25, -0.2) is 0 Å². The highest BCUT2D eigenvalue weighted by Gasteiger charge is 2.43. The van der Waals surface area contributed by atoms with E-state index in [1.807, 2.05) is 0 Å². The number of rotatable bonds is 1. The van der Waals surface area contributed by atoms with E-state index in [1.165, 1.54) is 6.92 Å². The first-order chi connectivity index (χ1) is 5.04. The monoisotopic (exact) mass is 164 g/mol. The summed E-state index contributed by atoms with van der Waals surface area (Å²) < 4.78 is 4.65. The molecule has 66 valence electrons. The zero-order valence-corrected chi connectivity index (χ0v) is 6.08. The Balaban J connectivity index is 2.59. The molecule has 0 bridgehead atoms. The molecule has 0 radical (unpaired) electrons. The molecule has 0 aromatic heterocycles. The average Bonchev–Trinajstić information content (AvgIpc) is 2.17. The molecule has 0 aromatic carbocycles. The maximum atomic E-state index is 9.10. The molecule has 5 heteroatoms. The van der Waals surface area contributed by atoms with Crippen LogP contribution in [0, 0.1) is 0 Å². The third kappa shape index (κ3) is 1.52. The fourth-order valence-corrected chi connectivity index (χ4v) is 1.08. The van der Waals surface area contributed by atoms with Crippen molar-refractivity contribution >= 4 is 0 Å². The lowest BCUT2D eigenvalue weighted by Gasteiger charge is -2.16. The van der Waals surface area contributed by atoms with Gasteiger partial charge in [-0.15, -0.1) is 0 Å². The first-order valence-electron chi connectivity index (χ1n) is 3.41. The second-order valence-corrected chi connectivity index (χ2v) is 2.71. The zero-order valence-electron chi connectivity index (χ0n) is 6.08. The number of hydrogen-bond acceptors (Lipinski definition) is 5. The van der Waals surface area contributed by atoms with E-state index < -0.39 is 30.7 Å². The largest absolute Gasteiger partial charge is 0.391 e. The van der Waals surface area contributed by atoms with Crippen molar-refractivity contribution in [3.8, 4) is 0 Å². The Morgan fingerprint density at radius 1 is 1.18 bits per heavy atom. The van der Waals surface area contributed by atoms with E-state index >= 15 is 0 Å². The van der Waals surface area contributed by atoms with Crippen LogP contribution in [0.3, 0.4) is 0 Å². The topological polar surface area (TPSA) is 90.2 Å². The van der Waals surface area contributed by atoms with Crippen molar-refractivity contribution in [2.24, 2.45) is 0 Å². The fraction of sp³-hybridized carbons (Fsp3) is 1.00. The molecule has 11 heavy (non-hydrogen) atoms. The van der Waals surface area contributed by atoms with Gasteiger partial charge in [0.25, 0.3) is 0 Å². The van der Waals surface area contributed by atoms with Crippen molar-refractivity contribution in [1.82, 2.24) is 0 Å². The van der Waals surface area contributed by atoms with Crippen LogP contribution in [0.4, 0.5) is 0 Å². The van der Waals surface area contributed by atoms with Crippen LogP contribution < -0.4 is 0 Å². The molecular formula is C6H12O5. The number of ether oxygens (including phenoxy) is 1.